The van der Waals surface area contributed by atoms with E-state index in [0.29, 0.717) is 6.54 Å². The van der Waals surface area contributed by atoms with E-state index in [1.807, 2.05) is 6.26 Å². The third-order valence-electron chi connectivity index (χ3n) is 2.70. The standard InChI is InChI=1S/C11H18N4O4S2/c1-20-7-3-2-6-13-21(18,19)9-4-5-11(15(16)17)10(8-9)14-12/h4-5,8,13-14H,2-3,6-7,12H2,1H3. The van der Waals surface area contributed by atoms with Crippen LogP contribution in [0.3, 0.4) is 0 Å². The van der Waals surface area contributed by atoms with Crippen molar-refractivity contribution < 1.29 is 13.3 Å². The first-order valence-corrected chi connectivity index (χ1v) is 9.03. The lowest BCUT2D eigenvalue weighted by Gasteiger charge is -2.08. The van der Waals surface area contributed by atoms with Gasteiger partial charge in [0.1, 0.15) is 5.69 Å². The van der Waals surface area contributed by atoms with Crippen molar-refractivity contribution in [2.24, 2.45) is 5.84 Å². The second-order valence-electron chi connectivity index (χ2n) is 4.18. The smallest absolute Gasteiger partial charge is 0.293 e. The molecule has 0 saturated heterocycles. The molecule has 0 radical (unpaired) electrons. The van der Waals surface area contributed by atoms with E-state index in [-0.39, 0.29) is 16.3 Å². The summed E-state index contributed by atoms with van der Waals surface area (Å²) in [7, 11) is -3.70. The summed E-state index contributed by atoms with van der Waals surface area (Å²) < 4.78 is 26.6. The van der Waals surface area contributed by atoms with Crippen LogP contribution in [0, 0.1) is 10.1 Å². The van der Waals surface area contributed by atoms with Crippen molar-refractivity contribution in [3.8, 4) is 0 Å². The second-order valence-corrected chi connectivity index (χ2v) is 6.93. The molecule has 0 bridgehead atoms. The molecule has 0 atom stereocenters. The molecule has 0 aliphatic heterocycles. The van der Waals surface area contributed by atoms with Crippen LogP contribution in [0.4, 0.5) is 11.4 Å². The predicted octanol–water partition coefficient (Wildman–Crippen LogP) is 1.30. The third kappa shape index (κ3) is 5.16. The largest absolute Gasteiger partial charge is 0.318 e. The highest BCUT2D eigenvalue weighted by Crippen LogP contribution is 2.26. The van der Waals surface area contributed by atoms with E-state index in [1.54, 1.807) is 11.8 Å². The van der Waals surface area contributed by atoms with Crippen molar-refractivity contribution in [1.29, 1.82) is 0 Å². The fraction of sp³-hybridized carbons (Fsp3) is 0.455. The number of rotatable bonds is 9. The summed E-state index contributed by atoms with van der Waals surface area (Å²) in [5.41, 5.74) is 1.80. The molecule has 0 unspecified atom stereocenters. The number of nitro groups is 1. The van der Waals surface area contributed by atoms with E-state index < -0.39 is 14.9 Å². The molecule has 118 valence electrons. The van der Waals surface area contributed by atoms with Gasteiger partial charge in [-0.15, -0.1) is 0 Å². The van der Waals surface area contributed by atoms with Gasteiger partial charge in [0.25, 0.3) is 5.69 Å². The molecule has 1 rings (SSSR count). The Bertz CT molecular complexity index is 592. The quantitative estimate of drug-likeness (QED) is 0.269. The molecule has 10 heteroatoms. The Morgan fingerprint density at radius 2 is 2.10 bits per heavy atom. The van der Waals surface area contributed by atoms with Gasteiger partial charge < -0.3 is 5.43 Å². The van der Waals surface area contributed by atoms with Crippen molar-refractivity contribution >= 4 is 33.2 Å². The number of unbranched alkanes of at least 4 members (excludes halogenated alkanes) is 1. The highest BCUT2D eigenvalue weighted by molar-refractivity contribution is 7.98. The Labute approximate surface area is 127 Å². The Morgan fingerprint density at radius 1 is 1.38 bits per heavy atom. The van der Waals surface area contributed by atoms with Crippen LogP contribution in [0.15, 0.2) is 23.1 Å². The van der Waals surface area contributed by atoms with E-state index >= 15 is 0 Å². The van der Waals surface area contributed by atoms with E-state index in [0.717, 1.165) is 30.7 Å². The van der Waals surface area contributed by atoms with Crippen molar-refractivity contribution in [2.75, 3.05) is 24.0 Å². The summed E-state index contributed by atoms with van der Waals surface area (Å²) in [5, 5.41) is 10.8. The zero-order valence-electron chi connectivity index (χ0n) is 11.5. The normalized spacial score (nSPS) is 11.3. The lowest BCUT2D eigenvalue weighted by molar-refractivity contribution is -0.384. The van der Waals surface area contributed by atoms with Crippen LogP contribution in [-0.4, -0.2) is 31.9 Å². The average molecular weight is 334 g/mol. The fourth-order valence-corrected chi connectivity index (χ4v) is 3.21. The SMILES string of the molecule is CSCCCCNS(=O)(=O)c1ccc([N+](=O)[O-])c(NN)c1. The summed E-state index contributed by atoms with van der Waals surface area (Å²) >= 11 is 1.70. The zero-order valence-corrected chi connectivity index (χ0v) is 13.2. The van der Waals surface area contributed by atoms with Crippen LogP contribution in [-0.2, 0) is 10.0 Å². The molecule has 8 nitrogen and oxygen atoms in total. The Balaban J connectivity index is 2.81. The minimum Gasteiger partial charge on any atom is -0.318 e. The lowest BCUT2D eigenvalue weighted by atomic mass is 10.3. The van der Waals surface area contributed by atoms with Gasteiger partial charge in [-0.05, 0) is 37.0 Å². The molecule has 0 amide bonds. The monoisotopic (exact) mass is 334 g/mol. The van der Waals surface area contributed by atoms with Crippen molar-refractivity contribution in [3.05, 3.63) is 28.3 Å². The highest BCUT2D eigenvalue weighted by Gasteiger charge is 2.19. The van der Waals surface area contributed by atoms with Crippen LogP contribution in [0.25, 0.3) is 0 Å². The van der Waals surface area contributed by atoms with Gasteiger partial charge in [-0.1, -0.05) is 0 Å². The summed E-state index contributed by atoms with van der Waals surface area (Å²) in [6.07, 6.45) is 3.64. The highest BCUT2D eigenvalue weighted by atomic mass is 32.2. The zero-order chi connectivity index (χ0) is 15.9. The lowest BCUT2D eigenvalue weighted by Crippen LogP contribution is -2.25. The molecule has 4 N–H and O–H groups in total. The Morgan fingerprint density at radius 3 is 2.67 bits per heavy atom. The van der Waals surface area contributed by atoms with E-state index in [2.05, 4.69) is 10.1 Å². The number of hydrogen-bond acceptors (Lipinski definition) is 7. The first kappa shape index (κ1) is 17.7. The van der Waals surface area contributed by atoms with Gasteiger partial charge in [0.15, 0.2) is 0 Å². The number of nitrogen functional groups attached to an aromatic ring is 1. The van der Waals surface area contributed by atoms with Gasteiger partial charge in [0, 0.05) is 12.6 Å². The average Bonchev–Trinajstić information content (AvgIpc) is 2.46. The maximum Gasteiger partial charge on any atom is 0.293 e. The van der Waals surface area contributed by atoms with Crippen molar-refractivity contribution in [1.82, 2.24) is 4.72 Å². The number of anilines is 1. The number of nitrogens with zero attached hydrogens (tertiary/aromatic N) is 1. The third-order valence-corrected chi connectivity index (χ3v) is 4.85. The van der Waals surface area contributed by atoms with Crippen LogP contribution in [0.2, 0.25) is 0 Å². The number of thioether (sulfide) groups is 1. The molecule has 0 saturated carbocycles. The maximum absolute atomic E-state index is 12.1. The van der Waals surface area contributed by atoms with E-state index in [9.17, 15) is 18.5 Å². The van der Waals surface area contributed by atoms with Gasteiger partial charge >= 0.3 is 0 Å². The molecule has 0 aliphatic rings. The first-order valence-electron chi connectivity index (χ1n) is 6.16. The summed E-state index contributed by atoms with van der Waals surface area (Å²) in [6, 6.07) is 3.43. The molecule has 0 spiro atoms. The topological polar surface area (TPSA) is 127 Å². The molecule has 0 aromatic heterocycles. The van der Waals surface area contributed by atoms with Crippen molar-refractivity contribution in [2.45, 2.75) is 17.7 Å². The maximum atomic E-state index is 12.1. The van der Waals surface area contributed by atoms with Gasteiger partial charge in [0.2, 0.25) is 10.0 Å². The van der Waals surface area contributed by atoms with Crippen molar-refractivity contribution in [3.63, 3.8) is 0 Å². The molecule has 0 fully saturated rings. The van der Waals surface area contributed by atoms with Gasteiger partial charge in [0.05, 0.1) is 9.82 Å². The number of sulfonamides is 1. The van der Waals surface area contributed by atoms with Crippen LogP contribution >= 0.6 is 11.8 Å². The minimum absolute atomic E-state index is 0.0507. The molecule has 21 heavy (non-hydrogen) atoms. The number of hydrazine groups is 1. The molecular formula is C11H18N4O4S2. The van der Waals surface area contributed by atoms with Gasteiger partial charge in [-0.3, -0.25) is 16.0 Å². The molecule has 0 aliphatic carbocycles. The van der Waals surface area contributed by atoms with E-state index in [4.69, 9.17) is 5.84 Å². The number of nitro benzene ring substituents is 1. The fourth-order valence-electron chi connectivity index (χ4n) is 1.62. The molecular weight excluding hydrogens is 316 g/mol. The number of nitrogens with two attached hydrogens (primary N) is 1. The Hall–Kier alpha value is -1.36. The summed E-state index contributed by atoms with van der Waals surface area (Å²) in [5.74, 6) is 6.16. The van der Waals surface area contributed by atoms with Gasteiger partial charge in [-0.2, -0.15) is 11.8 Å². The van der Waals surface area contributed by atoms with Crippen LogP contribution < -0.4 is 16.0 Å². The summed E-state index contributed by atoms with van der Waals surface area (Å²) in [4.78, 5) is 10.1. The van der Waals surface area contributed by atoms with Crippen LogP contribution in [0.5, 0.6) is 0 Å². The van der Waals surface area contributed by atoms with Crippen LogP contribution in [0.1, 0.15) is 12.8 Å². The minimum atomic E-state index is -3.70. The first-order chi connectivity index (χ1) is 9.92. The van der Waals surface area contributed by atoms with Gasteiger partial charge in [-0.25, -0.2) is 13.1 Å². The molecule has 0 heterocycles. The Kier molecular flexibility index (Phi) is 6.89. The molecule has 1 aromatic carbocycles. The predicted molar refractivity (Wildman–Crippen MR) is 83.7 cm³/mol. The van der Waals surface area contributed by atoms with E-state index in [1.165, 1.54) is 6.07 Å². The number of benzene rings is 1. The summed E-state index contributed by atoms with van der Waals surface area (Å²) in [6.45, 7) is 0.325. The molecule has 1 aromatic rings. The number of hydrogen-bond donors (Lipinski definition) is 3. The second kappa shape index (κ2) is 8.17. The number of nitrogens with one attached hydrogen (secondary N) is 2.